The highest BCUT2D eigenvalue weighted by Crippen LogP contribution is 2.23. The van der Waals surface area contributed by atoms with Gasteiger partial charge < -0.3 is 9.73 Å². The van der Waals surface area contributed by atoms with Crippen LogP contribution in [0.2, 0.25) is 5.02 Å². The van der Waals surface area contributed by atoms with Gasteiger partial charge in [-0.2, -0.15) is 0 Å². The highest BCUT2D eigenvalue weighted by Gasteiger charge is 2.13. The molecule has 1 heterocycles. The molecule has 2 aromatic rings. The van der Waals surface area contributed by atoms with Crippen molar-refractivity contribution in [3.8, 4) is 11.5 Å². The Morgan fingerprint density at radius 1 is 1.32 bits per heavy atom. The molecular weight excluding hydrogens is 269 g/mol. The first-order valence-corrected chi connectivity index (χ1v) is 6.26. The van der Waals surface area contributed by atoms with Crippen molar-refractivity contribution in [3.05, 3.63) is 34.9 Å². The summed E-state index contributed by atoms with van der Waals surface area (Å²) in [5.41, 5.74) is 0.564. The third-order valence-electron chi connectivity index (χ3n) is 2.40. The highest BCUT2D eigenvalue weighted by molar-refractivity contribution is 6.31. The van der Waals surface area contributed by atoms with Crippen molar-refractivity contribution in [2.75, 3.05) is 0 Å². The third kappa shape index (κ3) is 3.75. The molecule has 19 heavy (non-hydrogen) atoms. The maximum absolute atomic E-state index is 13.1. The van der Waals surface area contributed by atoms with Gasteiger partial charge in [0, 0.05) is 11.1 Å². The largest absolute Gasteiger partial charge is 0.419 e. The molecule has 0 aliphatic carbocycles. The molecule has 0 aliphatic rings. The van der Waals surface area contributed by atoms with Gasteiger partial charge in [0.15, 0.2) is 0 Å². The summed E-state index contributed by atoms with van der Waals surface area (Å²) in [6.45, 7) is 6.61. The molecule has 0 atom stereocenters. The van der Waals surface area contributed by atoms with Crippen LogP contribution < -0.4 is 5.32 Å². The topological polar surface area (TPSA) is 51.0 Å². The number of halogens is 2. The van der Waals surface area contributed by atoms with Crippen LogP contribution in [-0.4, -0.2) is 15.7 Å². The van der Waals surface area contributed by atoms with Gasteiger partial charge in [0.25, 0.3) is 0 Å². The monoisotopic (exact) mass is 283 g/mol. The molecule has 0 bridgehead atoms. The van der Waals surface area contributed by atoms with Crippen molar-refractivity contribution in [2.24, 2.45) is 0 Å². The Labute approximate surface area is 116 Å². The van der Waals surface area contributed by atoms with Gasteiger partial charge in [-0.1, -0.05) is 11.6 Å². The zero-order valence-electron chi connectivity index (χ0n) is 11.0. The van der Waals surface area contributed by atoms with Crippen LogP contribution in [0.1, 0.15) is 26.7 Å². The Balaban J connectivity index is 2.14. The maximum Gasteiger partial charge on any atom is 0.247 e. The van der Waals surface area contributed by atoms with E-state index >= 15 is 0 Å². The van der Waals surface area contributed by atoms with Gasteiger partial charge >= 0.3 is 0 Å². The standard InChI is InChI=1S/C13H15ClFN3O/c1-13(2,3)16-7-11-17-18-12(19-11)8-4-5-10(15)9(14)6-8/h4-6,16H,7H2,1-3H3. The van der Waals surface area contributed by atoms with E-state index in [1.165, 1.54) is 12.1 Å². The molecule has 0 aliphatic heterocycles. The average molecular weight is 284 g/mol. The summed E-state index contributed by atoms with van der Waals surface area (Å²) in [7, 11) is 0. The molecule has 0 spiro atoms. The van der Waals surface area contributed by atoms with Crippen LogP contribution in [-0.2, 0) is 6.54 Å². The summed E-state index contributed by atoms with van der Waals surface area (Å²) in [5, 5.41) is 11.1. The number of nitrogens with zero attached hydrogens (tertiary/aromatic N) is 2. The van der Waals surface area contributed by atoms with Crippen LogP contribution in [0.3, 0.4) is 0 Å². The third-order valence-corrected chi connectivity index (χ3v) is 2.69. The molecule has 0 saturated heterocycles. The minimum absolute atomic E-state index is 0.0325. The first-order valence-electron chi connectivity index (χ1n) is 5.88. The van der Waals surface area contributed by atoms with E-state index in [9.17, 15) is 4.39 Å². The molecule has 0 amide bonds. The average Bonchev–Trinajstić information content (AvgIpc) is 2.78. The quantitative estimate of drug-likeness (QED) is 0.938. The fourth-order valence-electron chi connectivity index (χ4n) is 1.41. The number of benzene rings is 1. The molecule has 1 aromatic heterocycles. The van der Waals surface area contributed by atoms with E-state index in [4.69, 9.17) is 16.0 Å². The van der Waals surface area contributed by atoms with Crippen molar-refractivity contribution in [2.45, 2.75) is 32.9 Å². The second-order valence-electron chi connectivity index (χ2n) is 5.23. The molecule has 1 N–H and O–H groups in total. The number of nitrogens with one attached hydrogen (secondary N) is 1. The molecule has 2 rings (SSSR count). The van der Waals surface area contributed by atoms with E-state index in [-0.39, 0.29) is 10.6 Å². The summed E-state index contributed by atoms with van der Waals surface area (Å²) >= 11 is 5.71. The fraction of sp³-hybridized carbons (Fsp3) is 0.385. The van der Waals surface area contributed by atoms with Crippen molar-refractivity contribution in [1.29, 1.82) is 0 Å². The first-order chi connectivity index (χ1) is 8.85. The van der Waals surface area contributed by atoms with E-state index in [0.29, 0.717) is 23.9 Å². The number of hydrogen-bond acceptors (Lipinski definition) is 4. The lowest BCUT2D eigenvalue weighted by atomic mass is 10.1. The second kappa shape index (κ2) is 5.27. The van der Waals surface area contributed by atoms with Crippen molar-refractivity contribution in [3.63, 3.8) is 0 Å². The highest BCUT2D eigenvalue weighted by atomic mass is 35.5. The summed E-state index contributed by atoms with van der Waals surface area (Å²) in [6, 6.07) is 4.29. The fourth-order valence-corrected chi connectivity index (χ4v) is 1.59. The molecule has 6 heteroatoms. The van der Waals surface area contributed by atoms with Gasteiger partial charge in [-0.3, -0.25) is 0 Å². The van der Waals surface area contributed by atoms with Gasteiger partial charge in [0.2, 0.25) is 11.8 Å². The Morgan fingerprint density at radius 3 is 2.68 bits per heavy atom. The Bertz CT molecular complexity index is 578. The van der Waals surface area contributed by atoms with E-state index in [0.717, 1.165) is 0 Å². The van der Waals surface area contributed by atoms with E-state index in [1.54, 1.807) is 6.07 Å². The van der Waals surface area contributed by atoms with Crippen molar-refractivity contribution >= 4 is 11.6 Å². The van der Waals surface area contributed by atoms with Crippen LogP contribution in [0.5, 0.6) is 0 Å². The number of aromatic nitrogens is 2. The molecule has 1 aromatic carbocycles. The second-order valence-corrected chi connectivity index (χ2v) is 5.64. The number of hydrogen-bond donors (Lipinski definition) is 1. The summed E-state index contributed by atoms with van der Waals surface area (Å²) in [5.74, 6) is 0.331. The van der Waals surface area contributed by atoms with Crippen molar-refractivity contribution < 1.29 is 8.81 Å². The van der Waals surface area contributed by atoms with Crippen LogP contribution in [0.15, 0.2) is 22.6 Å². The minimum atomic E-state index is -0.473. The van der Waals surface area contributed by atoms with Crippen molar-refractivity contribution in [1.82, 2.24) is 15.5 Å². The maximum atomic E-state index is 13.1. The van der Waals surface area contributed by atoms with Crippen LogP contribution in [0.4, 0.5) is 4.39 Å². The van der Waals surface area contributed by atoms with Crippen LogP contribution in [0, 0.1) is 5.82 Å². The first kappa shape index (κ1) is 14.0. The predicted molar refractivity (Wildman–Crippen MR) is 71.3 cm³/mol. The van der Waals surface area contributed by atoms with Gasteiger partial charge in [-0.05, 0) is 39.0 Å². The molecule has 4 nitrogen and oxygen atoms in total. The SMILES string of the molecule is CC(C)(C)NCc1nnc(-c2ccc(F)c(Cl)c2)o1. The van der Waals surface area contributed by atoms with Crippen LogP contribution >= 0.6 is 11.6 Å². The van der Waals surface area contributed by atoms with E-state index in [2.05, 4.69) is 15.5 Å². The molecular formula is C13H15ClFN3O. The minimum Gasteiger partial charge on any atom is -0.419 e. The molecule has 0 unspecified atom stereocenters. The Hall–Kier alpha value is -1.46. The lowest BCUT2D eigenvalue weighted by Crippen LogP contribution is -2.35. The van der Waals surface area contributed by atoms with E-state index in [1.807, 2.05) is 20.8 Å². The summed E-state index contributed by atoms with van der Waals surface area (Å²) in [6.07, 6.45) is 0. The smallest absolute Gasteiger partial charge is 0.247 e. The Morgan fingerprint density at radius 2 is 2.05 bits per heavy atom. The number of rotatable bonds is 3. The molecule has 102 valence electrons. The van der Waals surface area contributed by atoms with Gasteiger partial charge in [0.05, 0.1) is 11.6 Å². The normalized spacial score (nSPS) is 11.8. The lowest BCUT2D eigenvalue weighted by molar-refractivity contribution is 0.383. The Kier molecular flexibility index (Phi) is 3.87. The molecule has 0 radical (unpaired) electrons. The zero-order chi connectivity index (χ0) is 14.0. The van der Waals surface area contributed by atoms with Crippen LogP contribution in [0.25, 0.3) is 11.5 Å². The summed E-state index contributed by atoms with van der Waals surface area (Å²) < 4.78 is 18.6. The van der Waals surface area contributed by atoms with E-state index < -0.39 is 5.82 Å². The molecule has 0 fully saturated rings. The zero-order valence-corrected chi connectivity index (χ0v) is 11.8. The summed E-state index contributed by atoms with van der Waals surface area (Å²) in [4.78, 5) is 0. The van der Waals surface area contributed by atoms with Gasteiger partial charge in [-0.25, -0.2) is 4.39 Å². The van der Waals surface area contributed by atoms with Gasteiger partial charge in [0.1, 0.15) is 5.82 Å². The predicted octanol–water partition coefficient (Wildman–Crippen LogP) is 3.42. The van der Waals surface area contributed by atoms with Gasteiger partial charge in [-0.15, -0.1) is 10.2 Å². The molecule has 0 saturated carbocycles. The lowest BCUT2D eigenvalue weighted by Gasteiger charge is -2.18.